The highest BCUT2D eigenvalue weighted by atomic mass is 32.2. The molecular weight excluding hydrogens is 196 g/mol. The first-order valence-corrected chi connectivity index (χ1v) is 5.19. The summed E-state index contributed by atoms with van der Waals surface area (Å²) in [6, 6.07) is 0. The Morgan fingerprint density at radius 2 is 2.08 bits per heavy atom. The van der Waals surface area contributed by atoms with Crippen LogP contribution in [0.5, 0.6) is 0 Å². The normalized spacial score (nSPS) is 10.9. The Morgan fingerprint density at radius 1 is 1.54 bits per heavy atom. The molecule has 0 aromatic rings. The predicted molar refractivity (Wildman–Crippen MR) is 46.4 cm³/mol. The van der Waals surface area contributed by atoms with E-state index in [1.54, 1.807) is 0 Å². The smallest absolute Gasteiger partial charge is 0.348 e. The molecule has 0 atom stereocenters. The molecule has 0 aliphatic carbocycles. The van der Waals surface area contributed by atoms with Gasteiger partial charge in [0.1, 0.15) is 0 Å². The van der Waals surface area contributed by atoms with Crippen molar-refractivity contribution in [3.05, 3.63) is 12.2 Å². The summed E-state index contributed by atoms with van der Waals surface area (Å²) in [4.78, 5) is 10.8. The van der Waals surface area contributed by atoms with Crippen LogP contribution in [0.3, 0.4) is 0 Å². The number of carbonyl (C=O) groups is 1. The Kier molecular flexibility index (Phi) is 4.64. The van der Waals surface area contributed by atoms with Crippen LogP contribution in [0.2, 0.25) is 0 Å². The van der Waals surface area contributed by atoms with Gasteiger partial charge in [0.2, 0.25) is 0 Å². The Labute approximate surface area is 77.1 Å². The first-order valence-electron chi connectivity index (χ1n) is 3.62. The van der Waals surface area contributed by atoms with Crippen molar-refractivity contribution in [2.45, 2.75) is 13.3 Å². The molecule has 0 bridgehead atoms. The zero-order valence-corrected chi connectivity index (χ0v) is 8.13. The van der Waals surface area contributed by atoms with Crippen LogP contribution < -0.4 is 0 Å². The lowest BCUT2D eigenvalue weighted by Gasteiger charge is -2.03. The van der Waals surface area contributed by atoms with Crippen LogP contribution in [0.4, 0.5) is 0 Å². The number of rotatable bonds is 5. The van der Waals surface area contributed by atoms with Crippen molar-refractivity contribution in [3.63, 3.8) is 0 Å². The van der Waals surface area contributed by atoms with E-state index in [1.807, 2.05) is 0 Å². The van der Waals surface area contributed by atoms with Gasteiger partial charge in [-0.25, -0.2) is 4.79 Å². The predicted octanol–water partition coefficient (Wildman–Crippen LogP) is -0.182. The third-order valence-corrected chi connectivity index (χ3v) is 2.30. The average molecular weight is 208 g/mol. The summed E-state index contributed by atoms with van der Waals surface area (Å²) in [5.74, 6) is -1.33. The molecule has 0 aliphatic rings. The second-order valence-corrected chi connectivity index (χ2v) is 4.18. The van der Waals surface area contributed by atoms with E-state index in [1.165, 1.54) is 6.92 Å². The third-order valence-electron chi connectivity index (χ3n) is 1.10. The van der Waals surface area contributed by atoms with E-state index in [0.717, 1.165) is 0 Å². The number of aliphatic hydroxyl groups is 1. The topological polar surface area (TPSA) is 80.7 Å². The van der Waals surface area contributed by atoms with Crippen LogP contribution in [0.1, 0.15) is 13.3 Å². The Morgan fingerprint density at radius 3 is 2.46 bits per heavy atom. The van der Waals surface area contributed by atoms with Crippen LogP contribution in [-0.4, -0.2) is 31.9 Å². The van der Waals surface area contributed by atoms with Gasteiger partial charge in [0.05, 0.1) is 5.75 Å². The quantitative estimate of drug-likeness (QED) is 0.500. The summed E-state index contributed by atoms with van der Waals surface area (Å²) in [6.07, 6.45) is 0.0474. The minimum atomic E-state index is -3.86. The van der Waals surface area contributed by atoms with Gasteiger partial charge in [-0.15, -0.1) is 0 Å². The lowest BCUT2D eigenvalue weighted by molar-refractivity contribution is -0.129. The fraction of sp³-hybridized carbons (Fsp3) is 0.571. The van der Waals surface area contributed by atoms with E-state index in [-0.39, 0.29) is 24.4 Å². The minimum absolute atomic E-state index is 0.0209. The van der Waals surface area contributed by atoms with Gasteiger partial charge >= 0.3 is 16.1 Å². The molecule has 0 spiro atoms. The molecule has 0 rings (SSSR count). The zero-order valence-electron chi connectivity index (χ0n) is 7.32. The van der Waals surface area contributed by atoms with Crippen LogP contribution in [0, 0.1) is 0 Å². The number of carbonyl (C=O) groups excluding carboxylic acids is 1. The first kappa shape index (κ1) is 12.1. The molecule has 0 aromatic heterocycles. The van der Waals surface area contributed by atoms with Gasteiger partial charge in [-0.3, -0.25) is 0 Å². The van der Waals surface area contributed by atoms with Gasteiger partial charge in [-0.1, -0.05) is 6.58 Å². The summed E-state index contributed by atoms with van der Waals surface area (Å²) >= 11 is 0. The average Bonchev–Trinajstić information content (AvgIpc) is 2.00. The molecule has 0 fully saturated rings. The van der Waals surface area contributed by atoms with Gasteiger partial charge in [0.25, 0.3) is 0 Å². The molecule has 76 valence electrons. The summed E-state index contributed by atoms with van der Waals surface area (Å²) in [6.45, 7) is 4.32. The van der Waals surface area contributed by atoms with E-state index < -0.39 is 16.1 Å². The van der Waals surface area contributed by atoms with E-state index >= 15 is 0 Å². The Balaban J connectivity index is 4.18. The van der Waals surface area contributed by atoms with Gasteiger partial charge in [-0.05, 0) is 13.3 Å². The van der Waals surface area contributed by atoms with E-state index in [0.29, 0.717) is 0 Å². The molecule has 1 N–H and O–H groups in total. The first-order chi connectivity index (χ1) is 5.89. The third kappa shape index (κ3) is 5.37. The summed E-state index contributed by atoms with van der Waals surface area (Å²) in [5.41, 5.74) is 0.0209. The maximum absolute atomic E-state index is 10.9. The molecule has 13 heavy (non-hydrogen) atoms. The highest BCUT2D eigenvalue weighted by Crippen LogP contribution is 2.01. The maximum atomic E-state index is 10.9. The summed E-state index contributed by atoms with van der Waals surface area (Å²) < 4.78 is 25.9. The SMILES string of the molecule is C=C(C)C(=O)OS(=O)(=O)CCCO. The number of aliphatic hydroxyl groups excluding tert-OH is 1. The molecule has 0 saturated heterocycles. The number of hydrogen-bond acceptors (Lipinski definition) is 5. The van der Waals surface area contributed by atoms with Crippen LogP contribution in [-0.2, 0) is 19.1 Å². The van der Waals surface area contributed by atoms with Crippen molar-refractivity contribution >= 4 is 16.1 Å². The molecule has 0 radical (unpaired) electrons. The van der Waals surface area contributed by atoms with E-state index in [4.69, 9.17) is 5.11 Å². The molecular formula is C7H12O5S. The van der Waals surface area contributed by atoms with Crippen molar-refractivity contribution in [1.29, 1.82) is 0 Å². The summed E-state index contributed by atoms with van der Waals surface area (Å²) in [7, 11) is -3.86. The monoisotopic (exact) mass is 208 g/mol. The highest BCUT2D eigenvalue weighted by Gasteiger charge is 2.16. The van der Waals surface area contributed by atoms with Crippen molar-refractivity contribution in [3.8, 4) is 0 Å². The lowest BCUT2D eigenvalue weighted by Crippen LogP contribution is -2.17. The van der Waals surface area contributed by atoms with Gasteiger partial charge in [0, 0.05) is 12.2 Å². The summed E-state index contributed by atoms with van der Waals surface area (Å²) in [5, 5.41) is 8.35. The van der Waals surface area contributed by atoms with Crippen molar-refractivity contribution < 1.29 is 22.5 Å². The molecule has 0 heterocycles. The van der Waals surface area contributed by atoms with Gasteiger partial charge < -0.3 is 9.29 Å². The van der Waals surface area contributed by atoms with Crippen molar-refractivity contribution in [2.75, 3.05) is 12.4 Å². The zero-order chi connectivity index (χ0) is 10.5. The fourth-order valence-electron chi connectivity index (χ4n) is 0.469. The fourth-order valence-corrected chi connectivity index (χ4v) is 1.41. The van der Waals surface area contributed by atoms with Crippen molar-refractivity contribution in [2.24, 2.45) is 0 Å². The molecule has 0 amide bonds. The largest absolute Gasteiger partial charge is 0.396 e. The van der Waals surface area contributed by atoms with Gasteiger partial charge in [-0.2, -0.15) is 8.42 Å². The Bertz CT molecular complexity index is 290. The second kappa shape index (κ2) is 4.98. The number of hydrogen-bond donors (Lipinski definition) is 1. The van der Waals surface area contributed by atoms with Crippen molar-refractivity contribution in [1.82, 2.24) is 0 Å². The molecule has 0 aliphatic heterocycles. The van der Waals surface area contributed by atoms with Gasteiger partial charge in [0.15, 0.2) is 0 Å². The molecule has 6 heteroatoms. The second-order valence-electron chi connectivity index (χ2n) is 2.49. The van der Waals surface area contributed by atoms with E-state index in [2.05, 4.69) is 10.8 Å². The lowest BCUT2D eigenvalue weighted by atomic mass is 10.4. The van der Waals surface area contributed by atoms with Crippen LogP contribution in [0.15, 0.2) is 12.2 Å². The maximum Gasteiger partial charge on any atom is 0.348 e. The molecule has 5 nitrogen and oxygen atoms in total. The highest BCUT2D eigenvalue weighted by molar-refractivity contribution is 7.87. The Hall–Kier alpha value is -0.880. The standard InChI is InChI=1S/C7H12O5S/c1-6(2)7(9)12-13(10,11)5-3-4-8/h8H,1,3-5H2,2H3. The van der Waals surface area contributed by atoms with E-state index in [9.17, 15) is 13.2 Å². The molecule has 0 saturated carbocycles. The minimum Gasteiger partial charge on any atom is -0.396 e. The molecule has 0 aromatic carbocycles. The van der Waals surface area contributed by atoms with Crippen LogP contribution >= 0.6 is 0 Å². The molecule has 0 unspecified atom stereocenters. The van der Waals surface area contributed by atoms with Crippen LogP contribution in [0.25, 0.3) is 0 Å².